The van der Waals surface area contributed by atoms with E-state index in [1.807, 2.05) is 23.9 Å². The van der Waals surface area contributed by atoms with E-state index in [-0.39, 0.29) is 68.9 Å². The molecular formula is C123H127B3N8OS3. The van der Waals surface area contributed by atoms with E-state index < -0.39 is 0 Å². The number of aromatic nitrogens is 4. The van der Waals surface area contributed by atoms with Crippen LogP contribution in [-0.4, -0.2) is 57.2 Å². The Morgan fingerprint density at radius 3 is 0.884 bits per heavy atom. The average Bonchev–Trinajstić information content (AvgIpc) is 1.34. The number of anilines is 8. The molecule has 0 spiro atoms. The van der Waals surface area contributed by atoms with Crippen LogP contribution in [0, 0.1) is 0 Å². The SMILES string of the molecule is CSN1c2cc3c(cc2B2c4cc(C(C)(C)C)ccc4Oc4cc(-n5c6ccc(C(C)(C)C)cc6c6cc(C(C)(C)C)ccc65)cc1c42)B1c2cc4c(cc2N(SC)c2cc(-n5c6ccc(C(C)(C)C)cc6c6cc(C(C)(C)C)ccc65)cc(c21)N3SC)Nc1cc(-n2c3ccc(C(C)(C)C)cc3c3cc(C(C)(C)C)ccc32)cc2c1B4c1cc(C(C)(C)C)cc3c4cc(C(C)(C)C)ccc4n-2c13. The lowest BCUT2D eigenvalue weighted by molar-refractivity contribution is 0.486. The lowest BCUT2D eigenvalue weighted by Crippen LogP contribution is -2.66. The van der Waals surface area contributed by atoms with Gasteiger partial charge in [0.2, 0.25) is 0 Å². The second-order valence-electron chi connectivity index (χ2n) is 50.1. The maximum Gasteiger partial charge on any atom is 0.256 e. The molecule has 0 atom stereocenters. The number of hydrogen-bond donors (Lipinski definition) is 1. The molecule has 6 aliphatic rings. The summed E-state index contributed by atoms with van der Waals surface area (Å²) in [4.78, 5) is 0. The highest BCUT2D eigenvalue weighted by molar-refractivity contribution is 8.01. The average molecular weight is 1860 g/mol. The Hall–Kier alpha value is -11.5. The number of nitrogens with zero attached hydrogens (tertiary/aromatic N) is 7. The standard InChI is InChI=1S/C123H127B3N8OS3/c1-115(2,3)67-31-39-95-79(47-67)80-48-68(116(4,5)6)32-40-96(80)128(95)76-57-94-111-105(58-76)131-101-45-37-73(121(19,20)21)53-85(101)86-54-75(123(25,26)27)56-92(114(86)131)124(111)87-63-88-102(65-93(87)127-94)132(136-28)106-59-77(129-97-41-33-69(117(7,8)9)49-81(97)82-50-70(118(10,11)12)34-42-98(82)129)60-107-112(106)125(88)89-64-90-104(66-103(89)133(107)137-29)134(138-30)108-61-78(62-110-113(108)126(90)91-55-74(122(22,23)24)38-46-109(91)135-110)130-99-43-35-71(119(13,14)15)51-83(99)84-52-72(120(16,17)18)36-44-100(84)130/h31-66,127H,1-30H3. The molecule has 0 saturated carbocycles. The number of fused-ring (bicyclic) bond motifs is 24. The molecule has 24 rings (SSSR count). The smallest absolute Gasteiger partial charge is 0.256 e. The minimum absolute atomic E-state index is 0.0574. The predicted octanol–water partition coefficient (Wildman–Crippen LogP) is 28.0. The van der Waals surface area contributed by atoms with Crippen molar-refractivity contribution in [3.8, 4) is 34.2 Å². The summed E-state index contributed by atoms with van der Waals surface area (Å²) >= 11 is 5.43. The third kappa shape index (κ3) is 13.1. The third-order valence-electron chi connectivity index (χ3n) is 31.8. The number of benzene rings is 14. The number of hydrogen-bond acceptors (Lipinski definition) is 8. The van der Waals surface area contributed by atoms with Crippen molar-refractivity contribution in [2.24, 2.45) is 0 Å². The quantitative estimate of drug-likeness (QED) is 0.131. The number of ether oxygens (including phenoxy) is 1. The van der Waals surface area contributed by atoms with Crippen LogP contribution in [0.4, 0.5) is 45.5 Å². The van der Waals surface area contributed by atoms with Crippen LogP contribution in [-0.2, 0) is 48.7 Å². The zero-order valence-electron chi connectivity index (χ0n) is 86.3. The molecule has 0 bridgehead atoms. The van der Waals surface area contributed by atoms with Crippen LogP contribution in [0.15, 0.2) is 218 Å². The molecule has 14 aromatic carbocycles. The van der Waals surface area contributed by atoms with Crippen LogP contribution in [0.5, 0.6) is 11.5 Å². The fourth-order valence-electron chi connectivity index (χ4n) is 24.0. The monoisotopic (exact) mass is 1860 g/mol. The van der Waals surface area contributed by atoms with Gasteiger partial charge in [-0.25, -0.2) is 0 Å². The van der Waals surface area contributed by atoms with Crippen molar-refractivity contribution >= 4 is 238 Å². The van der Waals surface area contributed by atoms with Crippen molar-refractivity contribution in [1.29, 1.82) is 0 Å². The first kappa shape index (κ1) is 89.2. The van der Waals surface area contributed by atoms with Gasteiger partial charge in [-0.2, -0.15) is 0 Å². The van der Waals surface area contributed by atoms with Crippen LogP contribution in [0.1, 0.15) is 237 Å². The summed E-state index contributed by atoms with van der Waals surface area (Å²) in [5.41, 5.74) is 45.9. The molecule has 6 aliphatic heterocycles. The maximum absolute atomic E-state index is 7.68. The lowest BCUT2D eigenvalue weighted by Gasteiger charge is -2.45. The van der Waals surface area contributed by atoms with Crippen molar-refractivity contribution in [3.63, 3.8) is 0 Å². The summed E-state index contributed by atoms with van der Waals surface area (Å²) in [6, 6.07) is 89.2. The topological polar surface area (TPSA) is 50.7 Å². The van der Waals surface area contributed by atoms with Gasteiger partial charge in [0.25, 0.3) is 20.1 Å². The van der Waals surface area contributed by atoms with Gasteiger partial charge in [-0.1, -0.05) is 260 Å². The Morgan fingerprint density at radius 1 is 0.217 bits per heavy atom. The van der Waals surface area contributed by atoms with Crippen molar-refractivity contribution in [3.05, 3.63) is 268 Å². The van der Waals surface area contributed by atoms with Crippen LogP contribution < -0.4 is 72.1 Å². The molecule has 692 valence electrons. The molecule has 0 fully saturated rings. The van der Waals surface area contributed by atoms with E-state index in [4.69, 9.17) is 4.74 Å². The van der Waals surface area contributed by atoms with Gasteiger partial charge in [-0.15, -0.1) is 0 Å². The molecule has 4 aromatic heterocycles. The Kier molecular flexibility index (Phi) is 19.0. The molecule has 0 saturated heterocycles. The fourth-order valence-corrected chi connectivity index (χ4v) is 26.2. The first-order chi connectivity index (χ1) is 64.9. The van der Waals surface area contributed by atoms with E-state index in [1.165, 1.54) is 221 Å². The van der Waals surface area contributed by atoms with Gasteiger partial charge >= 0.3 is 0 Å². The minimum Gasteiger partial charge on any atom is -0.458 e. The molecular weight excluding hydrogens is 1730 g/mol. The molecule has 18 aromatic rings. The zero-order valence-corrected chi connectivity index (χ0v) is 88.7. The Balaban J connectivity index is 0.796. The van der Waals surface area contributed by atoms with Gasteiger partial charge in [0.05, 0.1) is 72.7 Å². The second kappa shape index (κ2) is 29.3. The maximum atomic E-state index is 7.68. The molecule has 1 N–H and O–H groups in total. The summed E-state index contributed by atoms with van der Waals surface area (Å²) in [6.07, 6.45) is 6.90. The van der Waals surface area contributed by atoms with E-state index in [0.717, 1.165) is 45.6 Å². The summed E-state index contributed by atoms with van der Waals surface area (Å²) in [5.74, 6) is 1.78. The van der Waals surface area contributed by atoms with Crippen molar-refractivity contribution in [2.75, 3.05) is 37.0 Å². The van der Waals surface area contributed by atoms with E-state index in [0.29, 0.717) is 0 Å². The second-order valence-corrected chi connectivity index (χ2v) is 52.2. The molecule has 138 heavy (non-hydrogen) atoms. The van der Waals surface area contributed by atoms with Gasteiger partial charge in [0, 0.05) is 108 Å². The molecule has 15 heteroatoms. The molecule has 0 aliphatic carbocycles. The normalized spacial score (nSPS) is 14.7. The summed E-state index contributed by atoms with van der Waals surface area (Å²) in [6.45, 7) is 63.0. The fraction of sp³-hybridized carbons (Fsp3) is 0.317. The highest BCUT2D eigenvalue weighted by atomic mass is 32.2. The Morgan fingerprint density at radius 2 is 0.507 bits per heavy atom. The van der Waals surface area contributed by atoms with Crippen molar-refractivity contribution < 1.29 is 4.74 Å². The molecule has 0 unspecified atom stereocenters. The summed E-state index contributed by atoms with van der Waals surface area (Å²) < 4.78 is 25.9. The Labute approximate surface area is 829 Å². The first-order valence-corrected chi connectivity index (χ1v) is 53.4. The first-order valence-electron chi connectivity index (χ1n) is 49.9. The zero-order chi connectivity index (χ0) is 97.0. The van der Waals surface area contributed by atoms with Gasteiger partial charge < -0.3 is 28.3 Å². The highest BCUT2D eigenvalue weighted by Crippen LogP contribution is 2.53. The summed E-state index contributed by atoms with van der Waals surface area (Å²) in [5, 5.41) is 14.7. The van der Waals surface area contributed by atoms with E-state index in [1.54, 1.807) is 11.9 Å². The van der Waals surface area contributed by atoms with Crippen LogP contribution in [0.2, 0.25) is 0 Å². The van der Waals surface area contributed by atoms with E-state index in [2.05, 4.69) is 461 Å². The molecule has 0 radical (unpaired) electrons. The van der Waals surface area contributed by atoms with Gasteiger partial charge in [-0.05, 0) is 323 Å². The van der Waals surface area contributed by atoms with Crippen LogP contribution >= 0.6 is 35.8 Å². The van der Waals surface area contributed by atoms with Gasteiger partial charge in [0.15, 0.2) is 0 Å². The highest BCUT2D eigenvalue weighted by Gasteiger charge is 2.51. The molecule has 0 amide bonds. The Bertz CT molecular complexity index is 8240. The van der Waals surface area contributed by atoms with Crippen molar-refractivity contribution in [1.82, 2.24) is 18.3 Å². The number of rotatable bonds is 6. The van der Waals surface area contributed by atoms with E-state index in [9.17, 15) is 0 Å². The van der Waals surface area contributed by atoms with Gasteiger partial charge in [-0.3, -0.25) is 12.9 Å². The molecule has 10 heterocycles. The predicted molar refractivity (Wildman–Crippen MR) is 609 cm³/mol. The molecule has 9 nitrogen and oxygen atoms in total. The van der Waals surface area contributed by atoms with Crippen molar-refractivity contribution in [2.45, 2.75) is 236 Å². The number of nitrogens with one attached hydrogen (secondary N) is 1. The van der Waals surface area contributed by atoms with E-state index >= 15 is 0 Å². The minimum atomic E-state index is -0.264. The third-order valence-corrected chi connectivity index (χ3v) is 34.1. The van der Waals surface area contributed by atoms with Crippen LogP contribution in [0.3, 0.4) is 0 Å². The summed E-state index contributed by atoms with van der Waals surface area (Å²) in [7, 11) is 0. The van der Waals surface area contributed by atoms with Crippen LogP contribution in [0.25, 0.3) is 110 Å². The van der Waals surface area contributed by atoms with Gasteiger partial charge in [0.1, 0.15) is 11.5 Å². The lowest BCUT2D eigenvalue weighted by atomic mass is 9.29. The largest absolute Gasteiger partial charge is 0.458 e.